The van der Waals surface area contributed by atoms with E-state index in [0.29, 0.717) is 5.88 Å². The van der Waals surface area contributed by atoms with Gasteiger partial charge in [-0.25, -0.2) is 5.01 Å². The van der Waals surface area contributed by atoms with Crippen LogP contribution in [0.2, 0.25) is 0 Å². The molecule has 5 nitrogen and oxygen atoms in total. The molecule has 0 aliphatic carbocycles. The fraction of sp³-hybridized carbons (Fsp3) is 0.250. The first-order valence-electron chi connectivity index (χ1n) is 5.32. The SMILES string of the molecule is Cc1noc(N=NN(C)c2ccccc2)c1C. The minimum atomic E-state index is 0.449. The van der Waals surface area contributed by atoms with Gasteiger partial charge in [-0.3, -0.25) is 0 Å². The Kier molecular flexibility index (Phi) is 3.18. The molecule has 1 heterocycles. The van der Waals surface area contributed by atoms with Crippen molar-refractivity contribution in [1.82, 2.24) is 5.16 Å². The van der Waals surface area contributed by atoms with E-state index in [0.717, 1.165) is 16.9 Å². The number of nitrogens with zero attached hydrogens (tertiary/aromatic N) is 4. The number of rotatable bonds is 3. The van der Waals surface area contributed by atoms with Gasteiger partial charge in [-0.2, -0.15) is 0 Å². The number of benzene rings is 1. The van der Waals surface area contributed by atoms with Gasteiger partial charge in [0.1, 0.15) is 0 Å². The molecule has 0 bridgehead atoms. The average molecular weight is 230 g/mol. The predicted molar refractivity (Wildman–Crippen MR) is 65.3 cm³/mol. The first kappa shape index (κ1) is 11.3. The van der Waals surface area contributed by atoms with Crippen LogP contribution in [0.4, 0.5) is 11.6 Å². The van der Waals surface area contributed by atoms with E-state index in [1.165, 1.54) is 0 Å². The highest BCUT2D eigenvalue weighted by Crippen LogP contribution is 2.22. The van der Waals surface area contributed by atoms with Crippen LogP contribution in [0.5, 0.6) is 0 Å². The first-order valence-corrected chi connectivity index (χ1v) is 5.32. The van der Waals surface area contributed by atoms with Crippen molar-refractivity contribution in [3.05, 3.63) is 41.6 Å². The molecule has 0 amide bonds. The van der Waals surface area contributed by atoms with Crippen LogP contribution in [0.1, 0.15) is 11.3 Å². The molecule has 0 aliphatic heterocycles. The Bertz CT molecular complexity index is 519. The van der Waals surface area contributed by atoms with Gasteiger partial charge in [0.2, 0.25) is 0 Å². The summed E-state index contributed by atoms with van der Waals surface area (Å²) in [5.41, 5.74) is 2.71. The average Bonchev–Trinajstić information content (AvgIpc) is 2.68. The summed E-state index contributed by atoms with van der Waals surface area (Å²) in [5.74, 6) is 0.449. The van der Waals surface area contributed by atoms with E-state index in [1.54, 1.807) is 5.01 Å². The highest BCUT2D eigenvalue weighted by atomic mass is 16.5. The Morgan fingerprint density at radius 2 is 1.88 bits per heavy atom. The van der Waals surface area contributed by atoms with E-state index in [-0.39, 0.29) is 0 Å². The number of para-hydroxylation sites is 1. The second-order valence-electron chi connectivity index (χ2n) is 3.75. The van der Waals surface area contributed by atoms with Gasteiger partial charge >= 0.3 is 0 Å². The third-order valence-electron chi connectivity index (χ3n) is 2.53. The van der Waals surface area contributed by atoms with Crippen molar-refractivity contribution in [2.45, 2.75) is 13.8 Å². The molecule has 0 aliphatic rings. The maximum absolute atomic E-state index is 5.04. The van der Waals surface area contributed by atoms with Gasteiger partial charge < -0.3 is 4.52 Å². The summed E-state index contributed by atoms with van der Waals surface area (Å²) in [6.45, 7) is 3.78. The molecule has 1 aromatic heterocycles. The molecule has 0 unspecified atom stereocenters. The van der Waals surface area contributed by atoms with E-state index in [1.807, 2.05) is 51.2 Å². The molecule has 0 saturated heterocycles. The van der Waals surface area contributed by atoms with Crippen LogP contribution in [0, 0.1) is 13.8 Å². The van der Waals surface area contributed by atoms with Crippen molar-refractivity contribution in [2.24, 2.45) is 10.3 Å². The van der Waals surface area contributed by atoms with Gasteiger partial charge in [0.15, 0.2) is 0 Å². The lowest BCUT2D eigenvalue weighted by Crippen LogP contribution is -2.06. The summed E-state index contributed by atoms with van der Waals surface area (Å²) in [4.78, 5) is 0. The van der Waals surface area contributed by atoms with Gasteiger partial charge in [0.05, 0.1) is 11.4 Å². The van der Waals surface area contributed by atoms with Crippen LogP contribution in [-0.4, -0.2) is 12.2 Å². The topological polar surface area (TPSA) is 54.0 Å². The summed E-state index contributed by atoms with van der Waals surface area (Å²) in [6, 6.07) is 9.77. The molecule has 0 radical (unpaired) electrons. The van der Waals surface area contributed by atoms with Gasteiger partial charge in [-0.15, -0.1) is 0 Å². The Morgan fingerprint density at radius 1 is 1.18 bits per heavy atom. The second-order valence-corrected chi connectivity index (χ2v) is 3.75. The van der Waals surface area contributed by atoms with Gasteiger partial charge in [0.25, 0.3) is 5.88 Å². The zero-order chi connectivity index (χ0) is 12.3. The van der Waals surface area contributed by atoms with E-state index < -0.39 is 0 Å². The third-order valence-corrected chi connectivity index (χ3v) is 2.53. The van der Waals surface area contributed by atoms with E-state index >= 15 is 0 Å². The van der Waals surface area contributed by atoms with Crippen LogP contribution in [0.3, 0.4) is 0 Å². The van der Waals surface area contributed by atoms with Crippen LogP contribution in [-0.2, 0) is 0 Å². The normalized spacial score (nSPS) is 11.0. The minimum absolute atomic E-state index is 0.449. The molecule has 0 fully saturated rings. The lowest BCUT2D eigenvalue weighted by molar-refractivity contribution is 0.421. The molecule has 17 heavy (non-hydrogen) atoms. The smallest absolute Gasteiger partial charge is 0.274 e. The van der Waals surface area contributed by atoms with Gasteiger partial charge in [0, 0.05) is 12.6 Å². The van der Waals surface area contributed by atoms with Gasteiger partial charge in [-0.05, 0) is 26.0 Å². The summed E-state index contributed by atoms with van der Waals surface area (Å²) < 4.78 is 5.04. The molecular weight excluding hydrogens is 216 g/mol. The molecule has 2 rings (SSSR count). The van der Waals surface area contributed by atoms with Crippen molar-refractivity contribution >= 4 is 11.6 Å². The molecule has 2 aromatic rings. The quantitative estimate of drug-likeness (QED) is 0.599. The molecule has 0 saturated carbocycles. The van der Waals surface area contributed by atoms with Crippen molar-refractivity contribution in [3.63, 3.8) is 0 Å². The molecule has 1 aromatic carbocycles. The van der Waals surface area contributed by atoms with Crippen molar-refractivity contribution in [3.8, 4) is 0 Å². The van der Waals surface area contributed by atoms with Gasteiger partial charge in [-0.1, -0.05) is 33.7 Å². The fourth-order valence-electron chi connectivity index (χ4n) is 1.30. The largest absolute Gasteiger partial charge is 0.334 e. The number of anilines is 1. The number of aromatic nitrogens is 1. The van der Waals surface area contributed by atoms with Crippen LogP contribution in [0.15, 0.2) is 45.2 Å². The molecule has 5 heteroatoms. The predicted octanol–water partition coefficient (Wildman–Crippen LogP) is 3.43. The maximum atomic E-state index is 5.04. The molecular formula is C12H14N4O. The molecule has 0 N–H and O–H groups in total. The highest BCUT2D eigenvalue weighted by molar-refractivity contribution is 5.44. The van der Waals surface area contributed by atoms with E-state index in [9.17, 15) is 0 Å². The number of hydrogen-bond acceptors (Lipinski definition) is 4. The zero-order valence-corrected chi connectivity index (χ0v) is 10.1. The summed E-state index contributed by atoms with van der Waals surface area (Å²) in [5, 5.41) is 13.6. The minimum Gasteiger partial charge on any atom is -0.334 e. The van der Waals surface area contributed by atoms with Crippen LogP contribution >= 0.6 is 0 Å². The lowest BCUT2D eigenvalue weighted by Gasteiger charge is -2.09. The Balaban J connectivity index is 2.14. The van der Waals surface area contributed by atoms with Crippen LogP contribution < -0.4 is 5.01 Å². The van der Waals surface area contributed by atoms with E-state index in [4.69, 9.17) is 4.52 Å². The molecule has 0 spiro atoms. The van der Waals surface area contributed by atoms with Crippen molar-refractivity contribution in [1.29, 1.82) is 0 Å². The first-order chi connectivity index (χ1) is 8.18. The summed E-state index contributed by atoms with van der Waals surface area (Å²) in [7, 11) is 1.83. The Morgan fingerprint density at radius 3 is 2.47 bits per heavy atom. The zero-order valence-electron chi connectivity index (χ0n) is 10.1. The monoisotopic (exact) mass is 230 g/mol. The molecule has 88 valence electrons. The molecule has 0 atom stereocenters. The van der Waals surface area contributed by atoms with Crippen molar-refractivity contribution in [2.75, 3.05) is 12.1 Å². The highest BCUT2D eigenvalue weighted by Gasteiger charge is 2.07. The number of hydrogen-bond donors (Lipinski definition) is 0. The standard InChI is InChI=1S/C12H14N4O/c1-9-10(2)14-17-12(9)13-15-16(3)11-7-5-4-6-8-11/h4-8H,1-3H3. The second kappa shape index (κ2) is 4.78. The number of aryl methyl sites for hydroxylation is 1. The Labute approximate surface area is 99.7 Å². The van der Waals surface area contributed by atoms with Crippen molar-refractivity contribution < 1.29 is 4.52 Å². The Hall–Kier alpha value is -2.17. The summed E-state index contributed by atoms with van der Waals surface area (Å²) in [6.07, 6.45) is 0. The van der Waals surface area contributed by atoms with Crippen LogP contribution in [0.25, 0.3) is 0 Å². The summed E-state index contributed by atoms with van der Waals surface area (Å²) >= 11 is 0. The third kappa shape index (κ3) is 2.50. The van der Waals surface area contributed by atoms with E-state index in [2.05, 4.69) is 15.5 Å². The lowest BCUT2D eigenvalue weighted by atomic mass is 10.3. The fourth-order valence-corrected chi connectivity index (χ4v) is 1.30. The maximum Gasteiger partial charge on any atom is 0.274 e.